The van der Waals surface area contributed by atoms with Crippen LogP contribution in [0.15, 0.2) is 35.6 Å². The number of carbonyl (C=O) groups is 2. The molecule has 9 nitrogen and oxygen atoms in total. The maximum atomic E-state index is 13.2. The number of hydrogen-bond donors (Lipinski definition) is 0. The lowest BCUT2D eigenvalue weighted by atomic mass is 9.97. The predicted molar refractivity (Wildman–Crippen MR) is 127 cm³/mol. The summed E-state index contributed by atoms with van der Waals surface area (Å²) in [6.45, 7) is 1.52. The van der Waals surface area contributed by atoms with E-state index in [9.17, 15) is 19.7 Å². The van der Waals surface area contributed by atoms with Crippen LogP contribution in [-0.2, 0) is 27.2 Å². The number of aryl methyl sites for hydroxylation is 2. The Kier molecular flexibility index (Phi) is 7.19. The number of thioether (sulfide) groups is 1. The highest BCUT2D eigenvalue weighted by atomic mass is 32.2. The molecule has 0 saturated carbocycles. The van der Waals surface area contributed by atoms with Crippen LogP contribution in [0, 0.1) is 10.1 Å². The summed E-state index contributed by atoms with van der Waals surface area (Å²) >= 11 is 2.97. The van der Waals surface area contributed by atoms with Gasteiger partial charge in [0, 0.05) is 22.4 Å². The normalized spacial score (nSPS) is 12.9. The summed E-state index contributed by atoms with van der Waals surface area (Å²) in [6, 6.07) is 5.66. The van der Waals surface area contributed by atoms with Gasteiger partial charge >= 0.3 is 5.97 Å². The van der Waals surface area contributed by atoms with Gasteiger partial charge in [0.2, 0.25) is 5.91 Å². The van der Waals surface area contributed by atoms with Crippen LogP contribution < -0.4 is 4.90 Å². The van der Waals surface area contributed by atoms with E-state index >= 15 is 0 Å². The first kappa shape index (κ1) is 23.1. The molecule has 0 atom stereocenters. The number of esters is 1. The van der Waals surface area contributed by atoms with E-state index in [1.54, 1.807) is 24.3 Å². The number of thiophene rings is 1. The summed E-state index contributed by atoms with van der Waals surface area (Å²) in [6.07, 6.45) is 5.82. The van der Waals surface area contributed by atoms with Crippen molar-refractivity contribution in [3.05, 3.63) is 51.1 Å². The van der Waals surface area contributed by atoms with Gasteiger partial charge in [0.15, 0.2) is 0 Å². The molecule has 0 aliphatic heterocycles. The minimum Gasteiger partial charge on any atom is -0.465 e. The monoisotopic (exact) mass is 486 g/mol. The van der Waals surface area contributed by atoms with Crippen molar-refractivity contribution in [1.29, 1.82) is 0 Å². The molecule has 0 bridgehead atoms. The van der Waals surface area contributed by atoms with E-state index in [1.165, 1.54) is 58.0 Å². The van der Waals surface area contributed by atoms with Crippen LogP contribution in [0.2, 0.25) is 0 Å². The molecule has 172 valence electrons. The van der Waals surface area contributed by atoms with Crippen molar-refractivity contribution in [1.82, 2.24) is 9.97 Å². The molecule has 11 heteroatoms. The van der Waals surface area contributed by atoms with Gasteiger partial charge in [0.25, 0.3) is 5.69 Å². The van der Waals surface area contributed by atoms with Crippen LogP contribution in [0.25, 0.3) is 10.2 Å². The van der Waals surface area contributed by atoms with Crippen molar-refractivity contribution in [2.24, 2.45) is 0 Å². The number of nitro groups is 1. The molecule has 1 aliphatic carbocycles. The minimum atomic E-state index is -0.585. The molecule has 1 aromatic carbocycles. The second kappa shape index (κ2) is 10.3. The molecule has 1 aliphatic rings. The Labute approximate surface area is 198 Å². The van der Waals surface area contributed by atoms with Gasteiger partial charge in [-0.3, -0.25) is 19.7 Å². The quantitative estimate of drug-likeness (QED) is 0.153. The lowest BCUT2D eigenvalue weighted by molar-refractivity contribution is -0.384. The molecular weight excluding hydrogens is 464 g/mol. The van der Waals surface area contributed by atoms with Gasteiger partial charge in [-0.1, -0.05) is 17.8 Å². The van der Waals surface area contributed by atoms with Crippen LogP contribution >= 0.6 is 23.1 Å². The average molecular weight is 487 g/mol. The summed E-state index contributed by atoms with van der Waals surface area (Å²) in [5.41, 5.74) is 1.38. The van der Waals surface area contributed by atoms with Crippen LogP contribution in [0.4, 0.5) is 11.4 Å². The molecule has 2 heterocycles. The Balaban J connectivity index is 1.58. The second-order valence-electron chi connectivity index (χ2n) is 7.42. The molecule has 4 rings (SSSR count). The number of carbonyl (C=O) groups excluding carboxylic acids is 2. The van der Waals surface area contributed by atoms with Crippen molar-refractivity contribution in [2.45, 2.75) is 37.6 Å². The highest BCUT2D eigenvalue weighted by molar-refractivity contribution is 8.00. The number of hydrogen-bond acceptors (Lipinski definition) is 9. The molecule has 3 aromatic rings. The molecule has 1 amide bonds. The van der Waals surface area contributed by atoms with Crippen molar-refractivity contribution in [3.8, 4) is 0 Å². The fraction of sp³-hybridized carbons (Fsp3) is 0.364. The zero-order chi connectivity index (χ0) is 23.4. The Bertz CT molecular complexity index is 1210. The number of amides is 1. The number of anilines is 1. The third-order valence-corrected chi connectivity index (χ3v) is 7.47. The van der Waals surface area contributed by atoms with E-state index < -0.39 is 10.9 Å². The Morgan fingerprint density at radius 1 is 1.27 bits per heavy atom. The van der Waals surface area contributed by atoms with E-state index in [0.717, 1.165) is 34.5 Å². The fourth-order valence-corrected chi connectivity index (χ4v) is 6.01. The molecule has 2 aromatic heterocycles. The third kappa shape index (κ3) is 5.14. The Morgan fingerprint density at radius 2 is 2.09 bits per heavy atom. The Hall–Kier alpha value is -3.05. The van der Waals surface area contributed by atoms with E-state index in [2.05, 4.69) is 9.97 Å². The molecule has 0 fully saturated rings. The van der Waals surface area contributed by atoms with Gasteiger partial charge in [-0.05, 0) is 44.2 Å². The minimum absolute atomic E-state index is 0.0127. The van der Waals surface area contributed by atoms with E-state index in [1.807, 2.05) is 0 Å². The first-order valence-electron chi connectivity index (χ1n) is 10.6. The molecule has 0 spiro atoms. The molecule has 0 N–H and O–H groups in total. The number of rotatable bonds is 8. The molecule has 0 saturated heterocycles. The smallest absolute Gasteiger partial charge is 0.326 e. The van der Waals surface area contributed by atoms with Crippen LogP contribution in [0.5, 0.6) is 0 Å². The zero-order valence-electron chi connectivity index (χ0n) is 18.0. The van der Waals surface area contributed by atoms with Crippen molar-refractivity contribution in [2.75, 3.05) is 23.8 Å². The number of fused-ring (bicyclic) bond motifs is 3. The fourth-order valence-electron chi connectivity index (χ4n) is 3.81. The highest BCUT2D eigenvalue weighted by Gasteiger charge is 2.24. The first-order valence-corrected chi connectivity index (χ1v) is 12.4. The number of benzene rings is 1. The van der Waals surface area contributed by atoms with Gasteiger partial charge in [0.1, 0.15) is 22.7 Å². The molecule has 0 radical (unpaired) electrons. The van der Waals surface area contributed by atoms with Crippen LogP contribution in [-0.4, -0.2) is 45.7 Å². The van der Waals surface area contributed by atoms with Crippen LogP contribution in [0.3, 0.4) is 0 Å². The summed E-state index contributed by atoms with van der Waals surface area (Å²) in [5, 5.41) is 12.9. The largest absolute Gasteiger partial charge is 0.465 e. The Morgan fingerprint density at radius 3 is 2.88 bits per heavy atom. The molecule has 0 unspecified atom stereocenters. The van der Waals surface area contributed by atoms with Gasteiger partial charge in [-0.2, -0.15) is 0 Å². The summed E-state index contributed by atoms with van der Waals surface area (Å²) in [5.74, 6) is -0.943. The van der Waals surface area contributed by atoms with Gasteiger partial charge in [0.05, 0.1) is 23.0 Å². The highest BCUT2D eigenvalue weighted by Crippen LogP contribution is 2.39. The van der Waals surface area contributed by atoms with Gasteiger partial charge in [-0.15, -0.1) is 11.3 Å². The van der Waals surface area contributed by atoms with Crippen molar-refractivity contribution >= 4 is 56.6 Å². The standard InChI is InChI=1S/C22H22N4O5S2/c1-2-31-19(28)11-25(14-6-5-7-15(10-14)26(29)30)18(27)12-32-21-20-16-8-3-4-9-17(16)33-22(20)24-13-23-21/h5-7,10,13H,2-4,8-9,11-12H2,1H3. The van der Waals surface area contributed by atoms with Gasteiger partial charge < -0.3 is 9.64 Å². The van der Waals surface area contributed by atoms with E-state index in [-0.39, 0.29) is 36.2 Å². The van der Waals surface area contributed by atoms with E-state index in [4.69, 9.17) is 4.74 Å². The zero-order valence-corrected chi connectivity index (χ0v) is 19.6. The lowest BCUT2D eigenvalue weighted by Gasteiger charge is -2.21. The summed E-state index contributed by atoms with van der Waals surface area (Å²) in [4.78, 5) is 48.3. The SMILES string of the molecule is CCOC(=O)CN(C(=O)CSc1ncnc2sc3c(c12)CCCC3)c1cccc([N+](=O)[O-])c1. The second-order valence-corrected chi connectivity index (χ2v) is 9.47. The van der Waals surface area contributed by atoms with Crippen molar-refractivity contribution in [3.63, 3.8) is 0 Å². The average Bonchev–Trinajstić information content (AvgIpc) is 3.20. The number of nitro benzene ring substituents is 1. The maximum absolute atomic E-state index is 13.2. The number of ether oxygens (including phenoxy) is 1. The number of aromatic nitrogens is 2. The van der Waals surface area contributed by atoms with Gasteiger partial charge in [-0.25, -0.2) is 9.97 Å². The predicted octanol–water partition coefficient (Wildman–Crippen LogP) is 4.17. The lowest BCUT2D eigenvalue weighted by Crippen LogP contribution is -2.37. The van der Waals surface area contributed by atoms with Crippen molar-refractivity contribution < 1.29 is 19.2 Å². The molecular formula is C22H22N4O5S2. The number of nitrogens with zero attached hydrogens (tertiary/aromatic N) is 4. The summed E-state index contributed by atoms with van der Waals surface area (Å²) in [7, 11) is 0. The summed E-state index contributed by atoms with van der Waals surface area (Å²) < 4.78 is 5.00. The third-order valence-electron chi connectivity index (χ3n) is 5.29. The van der Waals surface area contributed by atoms with E-state index in [0.29, 0.717) is 0 Å². The maximum Gasteiger partial charge on any atom is 0.326 e. The number of non-ortho nitro benzene ring substituents is 1. The first-order chi connectivity index (χ1) is 16.0. The van der Waals surface area contributed by atoms with Crippen LogP contribution in [0.1, 0.15) is 30.2 Å². The molecule has 33 heavy (non-hydrogen) atoms. The topological polar surface area (TPSA) is 116 Å².